The molecule has 0 aliphatic carbocycles. The minimum absolute atomic E-state index is 0.104. The molecule has 1 N–H and O–H groups in total. The number of carbonyl (C=O) groups excluding carboxylic acids is 1. The number of hydrogen-bond acceptors (Lipinski definition) is 3. The van der Waals surface area contributed by atoms with Gasteiger partial charge in [0.05, 0.1) is 24.0 Å². The van der Waals surface area contributed by atoms with Crippen LogP contribution in [0.5, 0.6) is 0 Å². The van der Waals surface area contributed by atoms with Crippen molar-refractivity contribution in [2.75, 3.05) is 11.5 Å². The third kappa shape index (κ3) is 3.04. The molecule has 1 amide bonds. The largest absolute Gasteiger partial charge is 0.449 e. The lowest BCUT2D eigenvalue weighted by Crippen LogP contribution is -2.45. The summed E-state index contributed by atoms with van der Waals surface area (Å²) < 4.78 is 43.4. The SMILES string of the molecule is CCOC(=O)N1c2ccc(C(F)(F)F)cc2C(O)C[C@@H]1CC. The lowest BCUT2D eigenvalue weighted by Gasteiger charge is -2.38. The van der Waals surface area contributed by atoms with E-state index in [-0.39, 0.29) is 30.3 Å². The van der Waals surface area contributed by atoms with Gasteiger partial charge in [-0.05, 0) is 38.0 Å². The Kier molecular flexibility index (Phi) is 4.65. The molecule has 0 spiro atoms. The van der Waals surface area contributed by atoms with Crippen molar-refractivity contribution in [2.45, 2.75) is 45.0 Å². The number of anilines is 1. The first-order valence-corrected chi connectivity index (χ1v) is 7.14. The van der Waals surface area contributed by atoms with Crippen LogP contribution in [0.15, 0.2) is 18.2 Å². The molecule has 1 unspecified atom stereocenters. The van der Waals surface area contributed by atoms with Crippen molar-refractivity contribution >= 4 is 11.8 Å². The summed E-state index contributed by atoms with van der Waals surface area (Å²) in [5.74, 6) is 0. The first-order chi connectivity index (χ1) is 10.3. The second-order valence-corrected chi connectivity index (χ2v) is 5.15. The van der Waals surface area contributed by atoms with E-state index < -0.39 is 23.9 Å². The third-order valence-electron chi connectivity index (χ3n) is 3.77. The van der Waals surface area contributed by atoms with Gasteiger partial charge in [0.15, 0.2) is 0 Å². The Balaban J connectivity index is 2.49. The van der Waals surface area contributed by atoms with Gasteiger partial charge in [0, 0.05) is 11.6 Å². The molecule has 1 aliphatic rings. The van der Waals surface area contributed by atoms with Gasteiger partial charge in [0.1, 0.15) is 0 Å². The van der Waals surface area contributed by atoms with Crippen molar-refractivity contribution < 1.29 is 27.8 Å². The van der Waals surface area contributed by atoms with E-state index in [1.165, 1.54) is 11.0 Å². The average Bonchev–Trinajstić information content (AvgIpc) is 2.45. The zero-order valence-corrected chi connectivity index (χ0v) is 12.4. The number of rotatable bonds is 2. The van der Waals surface area contributed by atoms with Crippen molar-refractivity contribution in [2.24, 2.45) is 0 Å². The quantitative estimate of drug-likeness (QED) is 0.900. The molecule has 122 valence electrons. The number of hydrogen-bond donors (Lipinski definition) is 1. The maximum atomic E-state index is 12.8. The van der Waals surface area contributed by atoms with Gasteiger partial charge in [0.25, 0.3) is 0 Å². The molecular weight excluding hydrogens is 299 g/mol. The third-order valence-corrected chi connectivity index (χ3v) is 3.77. The first kappa shape index (κ1) is 16.6. The summed E-state index contributed by atoms with van der Waals surface area (Å²) in [5.41, 5.74) is -0.464. The van der Waals surface area contributed by atoms with Gasteiger partial charge in [0.2, 0.25) is 0 Å². The van der Waals surface area contributed by atoms with Crippen molar-refractivity contribution in [1.29, 1.82) is 0 Å². The summed E-state index contributed by atoms with van der Waals surface area (Å²) in [6.45, 7) is 3.67. The van der Waals surface area contributed by atoms with Crippen LogP contribution in [0.2, 0.25) is 0 Å². The number of carbonyl (C=O) groups is 1. The van der Waals surface area contributed by atoms with Crippen LogP contribution in [0.3, 0.4) is 0 Å². The van der Waals surface area contributed by atoms with E-state index in [1.54, 1.807) is 6.92 Å². The number of benzene rings is 1. The van der Waals surface area contributed by atoms with Crippen LogP contribution in [-0.2, 0) is 10.9 Å². The summed E-state index contributed by atoms with van der Waals surface area (Å²) >= 11 is 0. The molecule has 2 atom stereocenters. The molecule has 1 aliphatic heterocycles. The number of amides is 1. The lowest BCUT2D eigenvalue weighted by atomic mass is 9.91. The van der Waals surface area contributed by atoms with Gasteiger partial charge in [-0.3, -0.25) is 4.90 Å². The molecule has 0 radical (unpaired) electrons. The molecule has 0 aromatic heterocycles. The van der Waals surface area contributed by atoms with Crippen LogP contribution in [0.1, 0.15) is 43.9 Å². The summed E-state index contributed by atoms with van der Waals surface area (Å²) in [6, 6.07) is 2.73. The number of aliphatic hydroxyl groups is 1. The standard InChI is InChI=1S/C15H18F3NO3/c1-3-10-8-13(20)11-7-9(15(16,17)18)5-6-12(11)19(10)14(21)22-4-2/h5-7,10,13,20H,3-4,8H2,1-2H3/t10-,13?/m0/s1. The maximum absolute atomic E-state index is 12.8. The van der Waals surface area contributed by atoms with Gasteiger partial charge in [-0.25, -0.2) is 4.79 Å². The first-order valence-electron chi connectivity index (χ1n) is 7.14. The Bertz CT molecular complexity index is 559. The van der Waals surface area contributed by atoms with Gasteiger partial charge in [-0.15, -0.1) is 0 Å². The summed E-state index contributed by atoms with van der Waals surface area (Å²) in [7, 11) is 0. The molecule has 0 fully saturated rings. The minimum atomic E-state index is -4.49. The Labute approximate surface area is 126 Å². The molecular formula is C15H18F3NO3. The zero-order valence-electron chi connectivity index (χ0n) is 12.4. The molecule has 1 aromatic carbocycles. The van der Waals surface area contributed by atoms with E-state index in [1.807, 2.05) is 6.92 Å². The van der Waals surface area contributed by atoms with E-state index in [0.717, 1.165) is 12.1 Å². The van der Waals surface area contributed by atoms with Gasteiger partial charge >= 0.3 is 12.3 Å². The van der Waals surface area contributed by atoms with Crippen LogP contribution >= 0.6 is 0 Å². The molecule has 0 saturated heterocycles. The van der Waals surface area contributed by atoms with Crippen LogP contribution in [0.4, 0.5) is 23.7 Å². The van der Waals surface area contributed by atoms with Crippen LogP contribution in [0, 0.1) is 0 Å². The van der Waals surface area contributed by atoms with Crippen molar-refractivity contribution in [1.82, 2.24) is 0 Å². The van der Waals surface area contributed by atoms with E-state index >= 15 is 0 Å². The second-order valence-electron chi connectivity index (χ2n) is 5.15. The van der Waals surface area contributed by atoms with Crippen LogP contribution in [0.25, 0.3) is 0 Å². The summed E-state index contributed by atoms with van der Waals surface area (Å²) in [5, 5.41) is 10.1. The molecule has 0 bridgehead atoms. The van der Waals surface area contributed by atoms with Gasteiger partial charge < -0.3 is 9.84 Å². The van der Waals surface area contributed by atoms with Gasteiger partial charge in [-0.2, -0.15) is 13.2 Å². The Morgan fingerprint density at radius 3 is 2.64 bits per heavy atom. The molecule has 1 heterocycles. The molecule has 0 saturated carbocycles. The van der Waals surface area contributed by atoms with Gasteiger partial charge in [-0.1, -0.05) is 6.92 Å². The number of nitrogens with zero attached hydrogens (tertiary/aromatic N) is 1. The topological polar surface area (TPSA) is 49.8 Å². The number of aliphatic hydroxyl groups excluding tert-OH is 1. The highest BCUT2D eigenvalue weighted by atomic mass is 19.4. The Morgan fingerprint density at radius 2 is 2.09 bits per heavy atom. The zero-order chi connectivity index (χ0) is 16.5. The van der Waals surface area contributed by atoms with E-state index in [9.17, 15) is 23.1 Å². The summed E-state index contributed by atoms with van der Waals surface area (Å²) in [6.07, 6.45) is -5.39. The minimum Gasteiger partial charge on any atom is -0.449 e. The average molecular weight is 317 g/mol. The monoisotopic (exact) mass is 317 g/mol. The fourth-order valence-corrected chi connectivity index (χ4v) is 2.69. The van der Waals surface area contributed by atoms with E-state index in [2.05, 4.69) is 0 Å². The normalized spacial score (nSPS) is 21.5. The van der Waals surface area contributed by atoms with Crippen molar-refractivity contribution in [3.63, 3.8) is 0 Å². The Morgan fingerprint density at radius 1 is 1.41 bits per heavy atom. The smallest absolute Gasteiger partial charge is 0.416 e. The molecule has 7 heteroatoms. The number of fused-ring (bicyclic) bond motifs is 1. The highest BCUT2D eigenvalue weighted by Gasteiger charge is 2.38. The number of alkyl halides is 3. The predicted octanol–water partition coefficient (Wildman–Crippen LogP) is 3.88. The molecule has 1 aromatic rings. The fourth-order valence-electron chi connectivity index (χ4n) is 2.69. The lowest BCUT2D eigenvalue weighted by molar-refractivity contribution is -0.137. The fraction of sp³-hybridized carbons (Fsp3) is 0.533. The van der Waals surface area contributed by atoms with Crippen LogP contribution in [-0.4, -0.2) is 23.8 Å². The van der Waals surface area contributed by atoms with Crippen molar-refractivity contribution in [3.05, 3.63) is 29.3 Å². The highest BCUT2D eigenvalue weighted by molar-refractivity contribution is 5.90. The molecule has 22 heavy (non-hydrogen) atoms. The molecule has 2 rings (SSSR count). The Hall–Kier alpha value is -1.76. The molecule has 4 nitrogen and oxygen atoms in total. The van der Waals surface area contributed by atoms with E-state index in [4.69, 9.17) is 4.74 Å². The number of ether oxygens (including phenoxy) is 1. The highest BCUT2D eigenvalue weighted by Crippen LogP contribution is 2.41. The van der Waals surface area contributed by atoms with Crippen LogP contribution < -0.4 is 4.90 Å². The van der Waals surface area contributed by atoms with E-state index in [0.29, 0.717) is 6.42 Å². The summed E-state index contributed by atoms with van der Waals surface area (Å²) in [4.78, 5) is 13.5. The number of halogens is 3. The van der Waals surface area contributed by atoms with Crippen molar-refractivity contribution in [3.8, 4) is 0 Å². The predicted molar refractivity (Wildman–Crippen MR) is 74.6 cm³/mol. The maximum Gasteiger partial charge on any atom is 0.416 e. The second kappa shape index (κ2) is 6.16.